The van der Waals surface area contributed by atoms with Crippen molar-refractivity contribution in [3.05, 3.63) is 23.3 Å². The van der Waals surface area contributed by atoms with Crippen LogP contribution in [0.3, 0.4) is 0 Å². The molecule has 1 unspecified atom stereocenters. The SMILES string of the molecule is CCCCN1c2cc(OC)c(C(=O)O)cc2C(C)CC1(C)C. The quantitative estimate of drug-likeness (QED) is 0.882. The molecule has 1 aromatic carbocycles. The number of methoxy groups -OCH3 is 1. The Morgan fingerprint density at radius 1 is 1.45 bits per heavy atom. The van der Waals surface area contributed by atoms with Gasteiger partial charge < -0.3 is 14.7 Å². The highest BCUT2D eigenvalue weighted by atomic mass is 16.5. The minimum Gasteiger partial charge on any atom is -0.496 e. The summed E-state index contributed by atoms with van der Waals surface area (Å²) in [6, 6.07) is 3.71. The second-order valence-electron chi connectivity index (χ2n) is 6.84. The van der Waals surface area contributed by atoms with Gasteiger partial charge in [0, 0.05) is 23.8 Å². The van der Waals surface area contributed by atoms with Crippen LogP contribution in [-0.4, -0.2) is 30.3 Å². The highest BCUT2D eigenvalue weighted by Crippen LogP contribution is 2.45. The highest BCUT2D eigenvalue weighted by molar-refractivity contribution is 5.92. The van der Waals surface area contributed by atoms with Crippen molar-refractivity contribution in [3.63, 3.8) is 0 Å². The maximum absolute atomic E-state index is 11.5. The van der Waals surface area contributed by atoms with Crippen molar-refractivity contribution in [3.8, 4) is 5.75 Å². The monoisotopic (exact) mass is 305 g/mol. The molecule has 1 heterocycles. The minimum atomic E-state index is -0.934. The lowest BCUT2D eigenvalue weighted by atomic mass is 9.79. The van der Waals surface area contributed by atoms with Gasteiger partial charge in [0.25, 0.3) is 0 Å². The predicted molar refractivity (Wildman–Crippen MR) is 89.3 cm³/mol. The lowest BCUT2D eigenvalue weighted by molar-refractivity contribution is 0.0693. The number of unbranched alkanes of at least 4 members (excludes halogenated alkanes) is 1. The molecule has 0 radical (unpaired) electrons. The van der Waals surface area contributed by atoms with Crippen LogP contribution in [0.2, 0.25) is 0 Å². The number of ether oxygens (including phenoxy) is 1. The van der Waals surface area contributed by atoms with Crippen molar-refractivity contribution in [2.45, 2.75) is 58.4 Å². The van der Waals surface area contributed by atoms with Crippen LogP contribution < -0.4 is 9.64 Å². The van der Waals surface area contributed by atoms with Crippen LogP contribution >= 0.6 is 0 Å². The van der Waals surface area contributed by atoms with Crippen LogP contribution in [0.15, 0.2) is 12.1 Å². The molecule has 0 saturated carbocycles. The van der Waals surface area contributed by atoms with Crippen molar-refractivity contribution in [2.75, 3.05) is 18.6 Å². The fourth-order valence-corrected chi connectivity index (χ4v) is 3.59. The van der Waals surface area contributed by atoms with E-state index in [1.165, 1.54) is 7.11 Å². The molecule has 2 rings (SSSR count). The number of hydrogen-bond donors (Lipinski definition) is 1. The summed E-state index contributed by atoms with van der Waals surface area (Å²) < 4.78 is 5.32. The van der Waals surface area contributed by atoms with E-state index in [-0.39, 0.29) is 11.1 Å². The van der Waals surface area contributed by atoms with Gasteiger partial charge in [-0.15, -0.1) is 0 Å². The van der Waals surface area contributed by atoms with Gasteiger partial charge in [0.2, 0.25) is 0 Å². The Morgan fingerprint density at radius 2 is 2.14 bits per heavy atom. The third-order valence-electron chi connectivity index (χ3n) is 4.67. The van der Waals surface area contributed by atoms with E-state index in [2.05, 4.69) is 32.6 Å². The summed E-state index contributed by atoms with van der Waals surface area (Å²) in [4.78, 5) is 13.9. The average Bonchev–Trinajstić information content (AvgIpc) is 2.44. The fraction of sp³-hybridized carbons (Fsp3) is 0.611. The maximum atomic E-state index is 11.5. The van der Waals surface area contributed by atoms with Crippen molar-refractivity contribution < 1.29 is 14.6 Å². The molecule has 1 aliphatic heterocycles. The Morgan fingerprint density at radius 3 is 2.68 bits per heavy atom. The van der Waals surface area contributed by atoms with Crippen LogP contribution in [0, 0.1) is 0 Å². The zero-order chi connectivity index (χ0) is 16.5. The van der Waals surface area contributed by atoms with E-state index >= 15 is 0 Å². The summed E-state index contributed by atoms with van der Waals surface area (Å²) in [5.74, 6) is -0.152. The van der Waals surface area contributed by atoms with Crippen molar-refractivity contribution >= 4 is 11.7 Å². The first kappa shape index (κ1) is 16.7. The first-order chi connectivity index (χ1) is 10.3. The second kappa shape index (κ2) is 6.19. The number of rotatable bonds is 5. The molecule has 0 spiro atoms. The number of carboxylic acid groups (broad SMARTS) is 1. The number of aromatic carboxylic acids is 1. The van der Waals surface area contributed by atoms with Gasteiger partial charge in [-0.1, -0.05) is 20.3 Å². The molecule has 22 heavy (non-hydrogen) atoms. The van der Waals surface area contributed by atoms with Gasteiger partial charge in [0.05, 0.1) is 7.11 Å². The average molecular weight is 305 g/mol. The normalized spacial score (nSPS) is 19.7. The largest absolute Gasteiger partial charge is 0.496 e. The van der Waals surface area contributed by atoms with Crippen LogP contribution in [-0.2, 0) is 0 Å². The van der Waals surface area contributed by atoms with E-state index in [1.54, 1.807) is 6.07 Å². The summed E-state index contributed by atoms with van der Waals surface area (Å²) in [7, 11) is 1.53. The van der Waals surface area contributed by atoms with E-state index in [4.69, 9.17) is 4.74 Å². The smallest absolute Gasteiger partial charge is 0.339 e. The number of carbonyl (C=O) groups is 1. The Bertz CT molecular complexity index is 566. The van der Waals surface area contributed by atoms with Gasteiger partial charge in [-0.2, -0.15) is 0 Å². The van der Waals surface area contributed by atoms with E-state index < -0.39 is 5.97 Å². The summed E-state index contributed by atoms with van der Waals surface area (Å²) >= 11 is 0. The molecule has 4 heteroatoms. The topological polar surface area (TPSA) is 49.8 Å². The molecule has 0 fully saturated rings. The van der Waals surface area contributed by atoms with Crippen LogP contribution in [0.1, 0.15) is 68.8 Å². The summed E-state index contributed by atoms with van der Waals surface area (Å²) in [5.41, 5.74) is 2.56. The highest BCUT2D eigenvalue weighted by Gasteiger charge is 2.37. The number of fused-ring (bicyclic) bond motifs is 1. The minimum absolute atomic E-state index is 0.0668. The van der Waals surface area contributed by atoms with Crippen molar-refractivity contribution in [2.24, 2.45) is 0 Å². The molecule has 1 aromatic rings. The first-order valence-corrected chi connectivity index (χ1v) is 8.04. The van der Waals surface area contributed by atoms with Crippen LogP contribution in [0.25, 0.3) is 0 Å². The fourth-order valence-electron chi connectivity index (χ4n) is 3.59. The van der Waals surface area contributed by atoms with Crippen LogP contribution in [0.4, 0.5) is 5.69 Å². The number of hydrogen-bond acceptors (Lipinski definition) is 3. The van der Waals surface area contributed by atoms with Crippen molar-refractivity contribution in [1.82, 2.24) is 0 Å². The molecular formula is C18H27NO3. The summed E-state index contributed by atoms with van der Waals surface area (Å²) in [5, 5.41) is 9.40. The number of carboxylic acids is 1. The van der Waals surface area contributed by atoms with Crippen molar-refractivity contribution in [1.29, 1.82) is 0 Å². The predicted octanol–water partition coefficient (Wildman–Crippen LogP) is 4.29. The maximum Gasteiger partial charge on any atom is 0.339 e. The molecular weight excluding hydrogens is 278 g/mol. The Kier molecular flexibility index (Phi) is 4.69. The molecule has 1 N–H and O–H groups in total. The summed E-state index contributed by atoms with van der Waals surface area (Å²) in [6.45, 7) is 9.88. The third-order valence-corrected chi connectivity index (χ3v) is 4.67. The Hall–Kier alpha value is -1.71. The number of anilines is 1. The second-order valence-corrected chi connectivity index (χ2v) is 6.84. The molecule has 1 atom stereocenters. The summed E-state index contributed by atoms with van der Waals surface area (Å²) in [6.07, 6.45) is 3.29. The van der Waals surface area contributed by atoms with Gasteiger partial charge >= 0.3 is 5.97 Å². The number of nitrogens with zero attached hydrogens (tertiary/aromatic N) is 1. The Labute approximate surface area is 133 Å². The molecule has 0 aliphatic carbocycles. The zero-order valence-corrected chi connectivity index (χ0v) is 14.3. The van der Waals surface area contributed by atoms with E-state index in [1.807, 2.05) is 6.07 Å². The molecule has 122 valence electrons. The van der Waals surface area contributed by atoms with Gasteiger partial charge in [-0.3, -0.25) is 0 Å². The van der Waals surface area contributed by atoms with Gasteiger partial charge in [-0.05, 0) is 44.2 Å². The molecule has 0 aromatic heterocycles. The Balaban J connectivity index is 2.57. The molecule has 0 saturated heterocycles. The first-order valence-electron chi connectivity index (χ1n) is 8.04. The van der Waals surface area contributed by atoms with E-state index in [9.17, 15) is 9.90 Å². The number of benzene rings is 1. The molecule has 1 aliphatic rings. The zero-order valence-electron chi connectivity index (χ0n) is 14.3. The van der Waals surface area contributed by atoms with E-state index in [0.717, 1.165) is 37.1 Å². The third kappa shape index (κ3) is 2.92. The molecule has 0 bridgehead atoms. The van der Waals surface area contributed by atoms with Gasteiger partial charge in [0.1, 0.15) is 11.3 Å². The van der Waals surface area contributed by atoms with Crippen LogP contribution in [0.5, 0.6) is 5.75 Å². The lowest BCUT2D eigenvalue weighted by Crippen LogP contribution is -2.48. The van der Waals surface area contributed by atoms with Gasteiger partial charge in [-0.25, -0.2) is 4.79 Å². The molecule has 4 nitrogen and oxygen atoms in total. The van der Waals surface area contributed by atoms with E-state index in [0.29, 0.717) is 11.7 Å². The lowest BCUT2D eigenvalue weighted by Gasteiger charge is -2.48. The standard InChI is InChI=1S/C18H27NO3/c1-6-7-8-19-15-10-16(22-5)14(17(20)21)9-13(15)12(2)11-18(19,3)4/h9-10,12H,6-8,11H2,1-5H3,(H,20,21). The van der Waals surface area contributed by atoms with Gasteiger partial charge in [0.15, 0.2) is 0 Å². The molecule has 0 amide bonds.